The van der Waals surface area contributed by atoms with Gasteiger partial charge in [0.25, 0.3) is 0 Å². The Kier molecular flexibility index (Phi) is 4.76. The highest BCUT2D eigenvalue weighted by Crippen LogP contribution is 2.19. The van der Waals surface area contributed by atoms with Crippen LogP contribution in [0, 0.1) is 0 Å². The predicted octanol–water partition coefficient (Wildman–Crippen LogP) is 2.39. The van der Waals surface area contributed by atoms with Crippen molar-refractivity contribution < 1.29 is 9.53 Å². The van der Waals surface area contributed by atoms with Gasteiger partial charge in [-0.3, -0.25) is 9.48 Å². The van der Waals surface area contributed by atoms with Crippen LogP contribution in [0.3, 0.4) is 0 Å². The van der Waals surface area contributed by atoms with Gasteiger partial charge in [-0.25, -0.2) is 0 Å². The van der Waals surface area contributed by atoms with Crippen LogP contribution in [0.15, 0.2) is 36.5 Å². The fourth-order valence-electron chi connectivity index (χ4n) is 1.94. The molecule has 1 aromatic carbocycles. The molecule has 0 bridgehead atoms. The molecular weight excluding hydrogens is 254 g/mol. The van der Waals surface area contributed by atoms with E-state index in [9.17, 15) is 4.79 Å². The maximum absolute atomic E-state index is 11.9. The van der Waals surface area contributed by atoms with Crippen LogP contribution in [0.2, 0.25) is 0 Å². The molecule has 2 rings (SSSR count). The van der Waals surface area contributed by atoms with E-state index < -0.39 is 0 Å². The fourth-order valence-corrected chi connectivity index (χ4v) is 1.94. The third-order valence-electron chi connectivity index (χ3n) is 2.87. The van der Waals surface area contributed by atoms with Crippen LogP contribution in [-0.4, -0.2) is 22.3 Å². The summed E-state index contributed by atoms with van der Waals surface area (Å²) < 4.78 is 7.20. The zero-order valence-electron chi connectivity index (χ0n) is 11.8. The number of nitrogens with zero attached hydrogens (tertiary/aromatic N) is 2. The van der Waals surface area contributed by atoms with E-state index in [1.165, 1.54) is 0 Å². The van der Waals surface area contributed by atoms with Crippen molar-refractivity contribution in [2.24, 2.45) is 7.05 Å². The maximum Gasteiger partial charge on any atom is 0.225 e. The van der Waals surface area contributed by atoms with Crippen LogP contribution in [0.1, 0.15) is 18.9 Å². The minimum atomic E-state index is -0.0463. The zero-order valence-corrected chi connectivity index (χ0v) is 11.8. The molecule has 0 fully saturated rings. The van der Waals surface area contributed by atoms with Crippen molar-refractivity contribution in [3.63, 3.8) is 0 Å². The third kappa shape index (κ3) is 3.85. The zero-order chi connectivity index (χ0) is 14.4. The highest BCUT2D eigenvalue weighted by atomic mass is 16.5. The second-order valence-electron chi connectivity index (χ2n) is 4.46. The third-order valence-corrected chi connectivity index (χ3v) is 2.87. The molecule has 0 saturated heterocycles. The molecular formula is C15H19N3O2. The van der Waals surface area contributed by atoms with Crippen LogP contribution in [0.4, 0.5) is 5.82 Å². The second kappa shape index (κ2) is 6.75. The first-order valence-corrected chi connectivity index (χ1v) is 6.69. The van der Waals surface area contributed by atoms with Gasteiger partial charge in [0.2, 0.25) is 5.91 Å². The number of carbonyl (C=O) groups is 1. The molecule has 5 heteroatoms. The lowest BCUT2D eigenvalue weighted by Crippen LogP contribution is -2.13. The van der Waals surface area contributed by atoms with E-state index in [1.807, 2.05) is 38.2 Å². The fraction of sp³-hybridized carbons (Fsp3) is 0.333. The highest BCUT2D eigenvalue weighted by molar-refractivity contribution is 5.89. The average Bonchev–Trinajstić information content (AvgIpc) is 2.83. The molecule has 20 heavy (non-hydrogen) atoms. The van der Waals surface area contributed by atoms with Gasteiger partial charge in [-0.05, 0) is 25.0 Å². The highest BCUT2D eigenvalue weighted by Gasteiger charge is 2.08. The lowest BCUT2D eigenvalue weighted by atomic mass is 10.1. The normalized spacial score (nSPS) is 10.3. The van der Waals surface area contributed by atoms with Crippen molar-refractivity contribution in [1.82, 2.24) is 9.78 Å². The van der Waals surface area contributed by atoms with Crippen molar-refractivity contribution in [3.8, 4) is 5.75 Å². The molecule has 106 valence electrons. The summed E-state index contributed by atoms with van der Waals surface area (Å²) in [6, 6.07) is 9.57. The van der Waals surface area contributed by atoms with Crippen LogP contribution < -0.4 is 10.1 Å². The van der Waals surface area contributed by atoms with Crippen LogP contribution in [-0.2, 0) is 18.3 Å². The van der Waals surface area contributed by atoms with Crippen LogP contribution >= 0.6 is 0 Å². The number of ether oxygens (including phenoxy) is 1. The molecule has 0 unspecified atom stereocenters. The number of carbonyl (C=O) groups excluding carboxylic acids is 1. The molecule has 5 nitrogen and oxygen atoms in total. The lowest BCUT2D eigenvalue weighted by Gasteiger charge is -2.09. The van der Waals surface area contributed by atoms with Crippen molar-refractivity contribution in [2.75, 3.05) is 11.9 Å². The second-order valence-corrected chi connectivity index (χ2v) is 4.46. The van der Waals surface area contributed by atoms with Gasteiger partial charge in [-0.1, -0.05) is 18.2 Å². The summed E-state index contributed by atoms with van der Waals surface area (Å²) in [5.41, 5.74) is 1.05. The Morgan fingerprint density at radius 2 is 2.15 bits per heavy atom. The minimum Gasteiger partial charge on any atom is -0.494 e. The van der Waals surface area contributed by atoms with Crippen molar-refractivity contribution in [2.45, 2.75) is 19.8 Å². The van der Waals surface area contributed by atoms with E-state index in [0.29, 0.717) is 25.3 Å². The SMILES string of the molecule is CCOc1ccccc1CCC(=O)Nc1ccn(C)n1. The van der Waals surface area contributed by atoms with E-state index in [1.54, 1.807) is 16.9 Å². The van der Waals surface area contributed by atoms with Crippen LogP contribution in [0.25, 0.3) is 0 Å². The number of hydrogen-bond acceptors (Lipinski definition) is 3. The number of rotatable bonds is 6. The summed E-state index contributed by atoms with van der Waals surface area (Å²) in [7, 11) is 1.81. The van der Waals surface area contributed by atoms with Crippen molar-refractivity contribution >= 4 is 11.7 Å². The molecule has 0 atom stereocenters. The van der Waals surface area contributed by atoms with Gasteiger partial charge in [0.05, 0.1) is 6.61 Å². The first kappa shape index (κ1) is 14.1. The van der Waals surface area contributed by atoms with E-state index >= 15 is 0 Å². The molecule has 1 amide bonds. The minimum absolute atomic E-state index is 0.0463. The molecule has 0 aliphatic rings. The molecule has 0 radical (unpaired) electrons. The number of anilines is 1. The quantitative estimate of drug-likeness (QED) is 0.879. The number of amides is 1. The summed E-state index contributed by atoms with van der Waals surface area (Å²) in [5.74, 6) is 1.38. The Balaban J connectivity index is 1.90. The Bertz CT molecular complexity index is 578. The Hall–Kier alpha value is -2.30. The molecule has 0 saturated carbocycles. The van der Waals surface area contributed by atoms with Gasteiger partial charge in [0.15, 0.2) is 5.82 Å². The molecule has 1 N–H and O–H groups in total. The maximum atomic E-state index is 11.9. The number of hydrogen-bond donors (Lipinski definition) is 1. The molecule has 2 aromatic rings. The number of aromatic nitrogens is 2. The van der Waals surface area contributed by atoms with Gasteiger partial charge in [-0.2, -0.15) is 5.10 Å². The van der Waals surface area contributed by atoms with E-state index in [4.69, 9.17) is 4.74 Å². The standard InChI is InChI=1S/C15H19N3O2/c1-3-20-13-7-5-4-6-12(13)8-9-15(19)16-14-10-11-18(2)17-14/h4-7,10-11H,3,8-9H2,1-2H3,(H,16,17,19). The number of para-hydroxylation sites is 1. The van der Waals surface area contributed by atoms with E-state index in [-0.39, 0.29) is 5.91 Å². The van der Waals surface area contributed by atoms with Gasteiger partial charge < -0.3 is 10.1 Å². The van der Waals surface area contributed by atoms with Crippen molar-refractivity contribution in [3.05, 3.63) is 42.1 Å². The Labute approximate surface area is 118 Å². The average molecular weight is 273 g/mol. The molecule has 1 aromatic heterocycles. The summed E-state index contributed by atoms with van der Waals surface area (Å²) in [6.07, 6.45) is 2.84. The summed E-state index contributed by atoms with van der Waals surface area (Å²) in [5, 5.41) is 6.89. The molecule has 0 aliphatic carbocycles. The lowest BCUT2D eigenvalue weighted by molar-refractivity contribution is -0.116. The van der Waals surface area contributed by atoms with Crippen molar-refractivity contribution in [1.29, 1.82) is 0 Å². The molecule has 0 aliphatic heterocycles. The first-order chi connectivity index (χ1) is 9.69. The molecule has 0 spiro atoms. The largest absolute Gasteiger partial charge is 0.494 e. The van der Waals surface area contributed by atoms with E-state index in [2.05, 4.69) is 10.4 Å². The Morgan fingerprint density at radius 3 is 2.85 bits per heavy atom. The topological polar surface area (TPSA) is 56.1 Å². The number of aryl methyl sites for hydroxylation is 2. The van der Waals surface area contributed by atoms with Crippen LogP contribution in [0.5, 0.6) is 5.75 Å². The molecule has 1 heterocycles. The number of nitrogens with one attached hydrogen (secondary N) is 1. The monoisotopic (exact) mass is 273 g/mol. The van der Waals surface area contributed by atoms with Gasteiger partial charge in [0.1, 0.15) is 5.75 Å². The number of benzene rings is 1. The summed E-state index contributed by atoms with van der Waals surface area (Å²) in [4.78, 5) is 11.9. The summed E-state index contributed by atoms with van der Waals surface area (Å²) >= 11 is 0. The smallest absolute Gasteiger partial charge is 0.225 e. The summed E-state index contributed by atoms with van der Waals surface area (Å²) in [6.45, 7) is 2.57. The van der Waals surface area contributed by atoms with Gasteiger partial charge in [-0.15, -0.1) is 0 Å². The first-order valence-electron chi connectivity index (χ1n) is 6.69. The van der Waals surface area contributed by atoms with E-state index in [0.717, 1.165) is 11.3 Å². The Morgan fingerprint density at radius 1 is 1.35 bits per heavy atom. The predicted molar refractivity (Wildman–Crippen MR) is 77.8 cm³/mol. The van der Waals surface area contributed by atoms with Gasteiger partial charge in [0, 0.05) is 25.7 Å². The van der Waals surface area contributed by atoms with Gasteiger partial charge >= 0.3 is 0 Å².